The van der Waals surface area contributed by atoms with Crippen LogP contribution in [0.2, 0.25) is 0 Å². The Morgan fingerprint density at radius 2 is 1.37 bits per heavy atom. The van der Waals surface area contributed by atoms with Gasteiger partial charge in [-0.2, -0.15) is 0 Å². The first-order valence-electron chi connectivity index (χ1n) is 19.2. The summed E-state index contributed by atoms with van der Waals surface area (Å²) < 4.78 is 5.25. The van der Waals surface area contributed by atoms with Gasteiger partial charge in [-0.3, -0.25) is 24.1 Å². The van der Waals surface area contributed by atoms with Crippen molar-refractivity contribution < 1.29 is 43.7 Å². The molecule has 1 fully saturated rings. The number of carboxylic acids is 1. The first kappa shape index (κ1) is 43.9. The Bertz CT molecular complexity index is 1780. The monoisotopic (exact) mass is 786 g/mol. The summed E-state index contributed by atoms with van der Waals surface area (Å²) in [6, 6.07) is 21.6. The Kier molecular flexibility index (Phi) is 17.0. The topological polar surface area (TPSA) is 229 Å². The summed E-state index contributed by atoms with van der Waals surface area (Å²) in [5.41, 5.74) is 7.67. The number of likely N-dealkylation sites (tertiary alicyclic amines) is 1. The zero-order valence-corrected chi connectivity index (χ0v) is 32.3. The van der Waals surface area contributed by atoms with Crippen molar-refractivity contribution in [3.63, 3.8) is 0 Å². The molecule has 1 saturated heterocycles. The molecule has 0 bridgehead atoms. The number of primary amides is 1. The minimum atomic E-state index is -1.40. The van der Waals surface area contributed by atoms with Gasteiger partial charge in [0.25, 0.3) is 0 Å². The number of carboxylic acid groups (broad SMARTS) is 1. The highest BCUT2D eigenvalue weighted by atomic mass is 16.5. The molecule has 7 atom stereocenters. The second-order valence-electron chi connectivity index (χ2n) is 14.4. The van der Waals surface area contributed by atoms with E-state index in [-0.39, 0.29) is 31.9 Å². The molecule has 1 heterocycles. The third-order valence-corrected chi connectivity index (χ3v) is 10.1. The van der Waals surface area contributed by atoms with Crippen molar-refractivity contribution in [3.05, 3.63) is 108 Å². The number of benzene rings is 3. The Hall–Kier alpha value is -5.80. The third kappa shape index (κ3) is 14.0. The van der Waals surface area contributed by atoms with Crippen LogP contribution in [-0.4, -0.2) is 100 Å². The van der Waals surface area contributed by atoms with E-state index in [0.717, 1.165) is 11.1 Å². The van der Waals surface area contributed by atoms with Gasteiger partial charge in [0, 0.05) is 13.0 Å². The van der Waals surface area contributed by atoms with Crippen LogP contribution >= 0.6 is 0 Å². The highest BCUT2D eigenvalue weighted by Gasteiger charge is 2.38. The molecule has 1 unspecified atom stereocenters. The second-order valence-corrected chi connectivity index (χ2v) is 14.4. The van der Waals surface area contributed by atoms with Crippen molar-refractivity contribution in [1.29, 1.82) is 0 Å². The average molecular weight is 787 g/mol. The molecular weight excluding hydrogens is 732 g/mol. The number of nitrogens with zero attached hydrogens (tertiary/aromatic N) is 1. The lowest BCUT2D eigenvalue weighted by atomic mass is 9.96. The van der Waals surface area contributed by atoms with E-state index >= 15 is 0 Å². The van der Waals surface area contributed by atoms with Crippen LogP contribution in [0.1, 0.15) is 56.2 Å². The molecule has 15 nitrogen and oxygen atoms in total. The SMILES string of the molecule is CCC(C)[C@H](NC(=O)[C@@H]1CCCN1C[C@H](O)[C@H](Cc1ccccc1)NC(=O)[C@H](CC(N)=O)NC(=O)OCc1ccccc1)C(=O)N[C@@H](Cc1ccccc1)C(=O)O. The molecule has 1 aliphatic heterocycles. The summed E-state index contributed by atoms with van der Waals surface area (Å²) in [5, 5.41) is 32.3. The summed E-state index contributed by atoms with van der Waals surface area (Å²) in [6.07, 6.45) is -0.882. The molecule has 15 heteroatoms. The molecule has 57 heavy (non-hydrogen) atoms. The minimum Gasteiger partial charge on any atom is -0.480 e. The van der Waals surface area contributed by atoms with Crippen LogP contribution in [0.3, 0.4) is 0 Å². The van der Waals surface area contributed by atoms with Gasteiger partial charge in [0.1, 0.15) is 24.7 Å². The molecule has 8 N–H and O–H groups in total. The lowest BCUT2D eigenvalue weighted by Gasteiger charge is -2.32. The predicted molar refractivity (Wildman–Crippen MR) is 211 cm³/mol. The number of amides is 5. The summed E-state index contributed by atoms with van der Waals surface area (Å²) in [4.78, 5) is 79.6. The Morgan fingerprint density at radius 3 is 1.93 bits per heavy atom. The Balaban J connectivity index is 1.45. The van der Waals surface area contributed by atoms with Gasteiger partial charge in [0.15, 0.2) is 0 Å². The van der Waals surface area contributed by atoms with Crippen LogP contribution in [0.5, 0.6) is 0 Å². The molecule has 3 aromatic carbocycles. The standard InChI is InChI=1S/C42H54N6O9/c1-3-27(2)37(40(53)45-33(41(54)55)23-29-16-9-5-10-17-29)47-39(52)34-20-13-21-48(34)25-35(49)31(22-28-14-7-4-8-15-28)44-38(51)32(24-36(43)50)46-42(56)57-26-30-18-11-6-12-19-30/h4-12,14-19,27,31-35,37,49H,3,13,20-26H2,1-2H3,(H2,43,50)(H,44,51)(H,45,53)(H,46,56)(H,47,52)(H,54,55)/t27?,31-,32-,33-,34-,35-,37-/m0/s1. The predicted octanol–water partition coefficient (Wildman–Crippen LogP) is 2.05. The molecule has 0 spiro atoms. The number of ether oxygens (including phenoxy) is 1. The van der Waals surface area contributed by atoms with E-state index in [2.05, 4.69) is 21.3 Å². The number of carbonyl (C=O) groups is 6. The zero-order chi connectivity index (χ0) is 41.3. The fourth-order valence-corrected chi connectivity index (χ4v) is 6.72. The van der Waals surface area contributed by atoms with Crippen LogP contribution < -0.4 is 27.0 Å². The smallest absolute Gasteiger partial charge is 0.408 e. The normalized spacial score (nSPS) is 17.1. The quantitative estimate of drug-likeness (QED) is 0.0832. The maximum atomic E-state index is 13.9. The highest BCUT2D eigenvalue weighted by molar-refractivity contribution is 5.92. The van der Waals surface area contributed by atoms with Crippen molar-refractivity contribution >= 4 is 35.7 Å². The fourth-order valence-electron chi connectivity index (χ4n) is 6.72. The summed E-state index contributed by atoms with van der Waals surface area (Å²) in [7, 11) is 0. The Labute approximate surface area is 332 Å². The van der Waals surface area contributed by atoms with Crippen LogP contribution in [0, 0.1) is 5.92 Å². The number of aliphatic hydroxyl groups is 1. The second kappa shape index (κ2) is 22.1. The molecule has 0 radical (unpaired) electrons. The number of β-amino-alcohol motifs (C(OH)–C–C–N with tert-alkyl or cyclic N) is 1. The number of aliphatic hydroxyl groups excluding tert-OH is 1. The highest BCUT2D eigenvalue weighted by Crippen LogP contribution is 2.21. The molecular formula is C42H54N6O9. The number of hydrogen-bond donors (Lipinski definition) is 7. The summed E-state index contributed by atoms with van der Waals surface area (Å²) >= 11 is 0. The molecule has 1 aliphatic rings. The van der Waals surface area contributed by atoms with Crippen molar-refractivity contribution in [2.75, 3.05) is 13.1 Å². The van der Waals surface area contributed by atoms with Gasteiger partial charge in [-0.05, 0) is 48.4 Å². The van der Waals surface area contributed by atoms with Crippen molar-refractivity contribution in [1.82, 2.24) is 26.2 Å². The number of aliphatic carboxylic acids is 1. The van der Waals surface area contributed by atoms with Crippen LogP contribution in [0.4, 0.5) is 4.79 Å². The number of nitrogens with two attached hydrogens (primary N) is 1. The lowest BCUT2D eigenvalue weighted by Crippen LogP contribution is -2.58. The lowest BCUT2D eigenvalue weighted by molar-refractivity contribution is -0.142. The minimum absolute atomic E-state index is 0.0404. The molecule has 3 aromatic rings. The van der Waals surface area contributed by atoms with Crippen LogP contribution in [-0.2, 0) is 48.2 Å². The Morgan fingerprint density at radius 1 is 0.789 bits per heavy atom. The van der Waals surface area contributed by atoms with Gasteiger partial charge >= 0.3 is 12.1 Å². The van der Waals surface area contributed by atoms with Gasteiger partial charge < -0.3 is 42.0 Å². The number of carbonyl (C=O) groups excluding carboxylic acids is 5. The van der Waals surface area contributed by atoms with E-state index in [0.29, 0.717) is 31.4 Å². The number of nitrogens with one attached hydrogen (secondary N) is 4. The number of alkyl carbamates (subject to hydrolysis) is 1. The molecule has 5 amide bonds. The summed E-state index contributed by atoms with van der Waals surface area (Å²) in [6.45, 7) is 4.00. The molecule has 0 aliphatic carbocycles. The first-order chi connectivity index (χ1) is 27.3. The van der Waals surface area contributed by atoms with Crippen LogP contribution in [0.25, 0.3) is 0 Å². The van der Waals surface area contributed by atoms with E-state index in [9.17, 15) is 39.0 Å². The van der Waals surface area contributed by atoms with E-state index < -0.39 is 78.4 Å². The van der Waals surface area contributed by atoms with E-state index in [1.807, 2.05) is 49.4 Å². The van der Waals surface area contributed by atoms with Crippen LogP contribution in [0.15, 0.2) is 91.0 Å². The largest absolute Gasteiger partial charge is 0.480 e. The van der Waals surface area contributed by atoms with Crippen molar-refractivity contribution in [2.45, 2.75) is 95.3 Å². The van der Waals surface area contributed by atoms with Crippen molar-refractivity contribution in [2.24, 2.45) is 11.7 Å². The van der Waals surface area contributed by atoms with E-state index in [4.69, 9.17) is 10.5 Å². The van der Waals surface area contributed by atoms with E-state index in [1.54, 1.807) is 60.4 Å². The maximum absolute atomic E-state index is 13.9. The number of hydrogen-bond acceptors (Lipinski definition) is 9. The van der Waals surface area contributed by atoms with Gasteiger partial charge in [0.2, 0.25) is 23.6 Å². The average Bonchev–Trinajstić information content (AvgIpc) is 3.67. The molecule has 306 valence electrons. The number of rotatable bonds is 21. The molecule has 4 rings (SSSR count). The molecule has 0 saturated carbocycles. The van der Waals surface area contributed by atoms with Gasteiger partial charge in [-0.1, -0.05) is 111 Å². The van der Waals surface area contributed by atoms with Gasteiger partial charge in [0.05, 0.1) is 24.6 Å². The van der Waals surface area contributed by atoms with E-state index in [1.165, 1.54) is 0 Å². The summed E-state index contributed by atoms with van der Waals surface area (Å²) in [5.74, 6) is -4.20. The fraction of sp³-hybridized carbons (Fsp3) is 0.429. The van der Waals surface area contributed by atoms with Gasteiger partial charge in [-0.15, -0.1) is 0 Å². The van der Waals surface area contributed by atoms with Gasteiger partial charge in [-0.25, -0.2) is 9.59 Å². The zero-order valence-electron chi connectivity index (χ0n) is 32.3. The van der Waals surface area contributed by atoms with Crippen molar-refractivity contribution in [3.8, 4) is 0 Å². The third-order valence-electron chi connectivity index (χ3n) is 10.1. The first-order valence-corrected chi connectivity index (χ1v) is 19.2. The molecule has 0 aromatic heterocycles. The maximum Gasteiger partial charge on any atom is 0.408 e.